The lowest BCUT2D eigenvalue weighted by molar-refractivity contribution is -0.193. The molecule has 1 N–H and O–H groups in total. The highest BCUT2D eigenvalue weighted by Crippen LogP contribution is 2.75. The molecular weight excluding hydrogens is 500 g/mol. The summed E-state index contributed by atoms with van der Waals surface area (Å²) in [7, 11) is 3.26. The van der Waals surface area contributed by atoms with Crippen molar-refractivity contribution >= 4 is 17.6 Å². The first-order valence-corrected chi connectivity index (χ1v) is 15.7. The van der Waals surface area contributed by atoms with Crippen LogP contribution in [0, 0.1) is 50.2 Å². The smallest absolute Gasteiger partial charge is 0.251 e. The van der Waals surface area contributed by atoms with E-state index in [9.17, 15) is 14.4 Å². The van der Waals surface area contributed by atoms with Crippen LogP contribution in [-0.2, 0) is 19.2 Å². The molecule has 9 atom stereocenters. The van der Waals surface area contributed by atoms with Gasteiger partial charge in [0.25, 0.3) is 5.91 Å². The zero-order valence-electron chi connectivity index (χ0n) is 26.8. The lowest BCUT2D eigenvalue weighted by Gasteiger charge is -2.70. The van der Waals surface area contributed by atoms with Crippen LogP contribution < -0.4 is 5.32 Å². The van der Waals surface area contributed by atoms with Crippen LogP contribution in [0.2, 0.25) is 0 Å². The summed E-state index contributed by atoms with van der Waals surface area (Å²) in [4.78, 5) is 45.4. The predicted octanol–water partition coefficient (Wildman–Crippen LogP) is 6.49. The summed E-state index contributed by atoms with van der Waals surface area (Å²) < 4.78 is 0. The Labute approximate surface area is 242 Å². The molecular formula is C34H54N2O4. The highest BCUT2D eigenvalue weighted by Gasteiger charge is 2.70. The van der Waals surface area contributed by atoms with Gasteiger partial charge in [0.2, 0.25) is 5.91 Å². The lowest BCUT2D eigenvalue weighted by Crippen LogP contribution is -2.67. The topological polar surface area (TPSA) is 75.7 Å². The maximum absolute atomic E-state index is 14.5. The number of ketones is 1. The van der Waals surface area contributed by atoms with Crippen molar-refractivity contribution in [2.24, 2.45) is 50.2 Å². The van der Waals surface area contributed by atoms with E-state index in [-0.39, 0.29) is 56.8 Å². The van der Waals surface area contributed by atoms with E-state index in [2.05, 4.69) is 59.9 Å². The van der Waals surface area contributed by atoms with Crippen LogP contribution >= 0.6 is 0 Å². The molecule has 2 amide bonds. The summed E-state index contributed by atoms with van der Waals surface area (Å²) in [6.07, 6.45) is 11.0. The van der Waals surface area contributed by atoms with Crippen LogP contribution in [0.1, 0.15) is 113 Å². The van der Waals surface area contributed by atoms with Crippen molar-refractivity contribution in [2.75, 3.05) is 14.2 Å². The Morgan fingerprint density at radius 2 is 1.60 bits per heavy atom. The van der Waals surface area contributed by atoms with E-state index in [0.717, 1.165) is 57.8 Å². The molecule has 0 saturated heterocycles. The molecule has 0 aromatic carbocycles. The zero-order valence-corrected chi connectivity index (χ0v) is 26.8. The number of hydrogen-bond donors (Lipinski definition) is 1. The van der Waals surface area contributed by atoms with Crippen LogP contribution in [0.3, 0.4) is 0 Å². The molecule has 5 aliphatic carbocycles. The van der Waals surface area contributed by atoms with Gasteiger partial charge in [0.1, 0.15) is 0 Å². The molecule has 0 aliphatic heterocycles. The molecule has 6 heteroatoms. The van der Waals surface area contributed by atoms with Gasteiger partial charge in [-0.05, 0) is 103 Å². The fourth-order valence-electron chi connectivity index (χ4n) is 11.3. The summed E-state index contributed by atoms with van der Waals surface area (Å²) in [6, 6.07) is 0.144. The Morgan fingerprint density at radius 1 is 0.950 bits per heavy atom. The van der Waals surface area contributed by atoms with Crippen molar-refractivity contribution < 1.29 is 19.2 Å². The van der Waals surface area contributed by atoms with E-state index in [4.69, 9.17) is 4.84 Å². The molecule has 4 saturated carbocycles. The standard InChI is InChI=1S/C34H54N2O4/c1-21(37)35-26-12-13-32(6)25(29(26,2)3)11-14-34(8)27(32)24(38)19-22-23-20-31(5,28(39)36(9)40-10)16-15-30(23,4)17-18-33(22,34)7/h19,23,25-27H,11-18,20H2,1-10H3,(H,35,37)/t23-,25?,26+,27-,30-,31+,32+,33-,34-/m1/s1. The first-order chi connectivity index (χ1) is 18.4. The molecule has 0 aromatic heterocycles. The Morgan fingerprint density at radius 3 is 2.23 bits per heavy atom. The Kier molecular flexibility index (Phi) is 6.82. The number of fused-ring (bicyclic) bond motifs is 7. The van der Waals surface area contributed by atoms with Crippen LogP contribution in [0.5, 0.6) is 0 Å². The Hall–Kier alpha value is -1.69. The van der Waals surface area contributed by atoms with Gasteiger partial charge in [0.05, 0.1) is 7.11 Å². The fraction of sp³-hybridized carbons (Fsp3) is 0.853. The monoisotopic (exact) mass is 554 g/mol. The van der Waals surface area contributed by atoms with Gasteiger partial charge in [-0.15, -0.1) is 0 Å². The molecule has 4 fully saturated rings. The highest BCUT2D eigenvalue weighted by molar-refractivity contribution is 5.95. The number of nitrogens with zero attached hydrogens (tertiary/aromatic N) is 1. The largest absolute Gasteiger partial charge is 0.353 e. The number of hydroxylamine groups is 2. The van der Waals surface area contributed by atoms with Crippen molar-refractivity contribution in [3.63, 3.8) is 0 Å². The van der Waals surface area contributed by atoms with Crippen molar-refractivity contribution in [1.29, 1.82) is 0 Å². The minimum Gasteiger partial charge on any atom is -0.353 e. The van der Waals surface area contributed by atoms with Gasteiger partial charge < -0.3 is 5.32 Å². The summed E-state index contributed by atoms with van der Waals surface area (Å²) >= 11 is 0. The zero-order chi connectivity index (χ0) is 29.7. The van der Waals surface area contributed by atoms with Gasteiger partial charge >= 0.3 is 0 Å². The molecule has 6 nitrogen and oxygen atoms in total. The summed E-state index contributed by atoms with van der Waals surface area (Å²) in [6.45, 7) is 18.1. The first kappa shape index (κ1) is 29.8. The Balaban J connectivity index is 1.55. The predicted molar refractivity (Wildman–Crippen MR) is 157 cm³/mol. The molecule has 0 aromatic rings. The second-order valence-corrected chi connectivity index (χ2v) is 16.4. The molecule has 5 rings (SSSR count). The molecule has 224 valence electrons. The van der Waals surface area contributed by atoms with Crippen LogP contribution in [-0.4, -0.2) is 42.9 Å². The number of carbonyl (C=O) groups excluding carboxylic acids is 3. The van der Waals surface area contributed by atoms with Gasteiger partial charge in [0.15, 0.2) is 5.78 Å². The number of amides is 2. The number of nitrogens with one attached hydrogen (secondary N) is 1. The van der Waals surface area contributed by atoms with Crippen molar-refractivity contribution in [3.05, 3.63) is 11.6 Å². The third-order valence-corrected chi connectivity index (χ3v) is 14.1. The van der Waals surface area contributed by atoms with Crippen molar-refractivity contribution in [3.8, 4) is 0 Å². The normalized spacial score (nSPS) is 47.5. The van der Waals surface area contributed by atoms with Crippen molar-refractivity contribution in [1.82, 2.24) is 10.4 Å². The second-order valence-electron chi connectivity index (χ2n) is 16.4. The minimum absolute atomic E-state index is 0.0226. The van der Waals surface area contributed by atoms with E-state index in [0.29, 0.717) is 11.7 Å². The molecule has 0 spiro atoms. The van der Waals surface area contributed by atoms with E-state index >= 15 is 0 Å². The lowest BCUT2D eigenvalue weighted by atomic mass is 9.33. The average Bonchev–Trinajstić information content (AvgIpc) is 2.87. The van der Waals surface area contributed by atoms with E-state index in [1.54, 1.807) is 21.1 Å². The quantitative estimate of drug-likeness (QED) is 0.405. The fourth-order valence-corrected chi connectivity index (χ4v) is 11.3. The summed E-state index contributed by atoms with van der Waals surface area (Å²) in [5.74, 6) is 0.968. The SMILES string of the molecule is CON(C)C(=O)[C@@]1(C)CC[C@]2(C)CC[C@]3(C)C(=CC(=O)[C@@H]4[C@@]5(C)CC[C@H](NC(C)=O)C(C)(C)C5CC[C@]43C)[C@H]2C1. The molecule has 40 heavy (non-hydrogen) atoms. The van der Waals surface area contributed by atoms with E-state index < -0.39 is 5.41 Å². The van der Waals surface area contributed by atoms with Gasteiger partial charge in [-0.3, -0.25) is 19.2 Å². The molecule has 1 unspecified atom stereocenters. The van der Waals surface area contributed by atoms with Crippen molar-refractivity contribution in [2.45, 2.75) is 119 Å². The summed E-state index contributed by atoms with van der Waals surface area (Å²) in [5.41, 5.74) is 0.569. The minimum atomic E-state index is -0.495. The Bertz CT molecular complexity index is 1140. The third-order valence-electron chi connectivity index (χ3n) is 14.1. The molecule has 5 aliphatic rings. The van der Waals surface area contributed by atoms with E-state index in [1.165, 1.54) is 10.6 Å². The van der Waals surface area contributed by atoms with Gasteiger partial charge in [-0.25, -0.2) is 5.06 Å². The summed E-state index contributed by atoms with van der Waals surface area (Å²) in [5, 5.41) is 4.65. The third kappa shape index (κ3) is 3.86. The average molecular weight is 555 g/mol. The molecule has 0 heterocycles. The number of rotatable bonds is 3. The highest BCUT2D eigenvalue weighted by atomic mass is 16.7. The number of hydrogen-bond acceptors (Lipinski definition) is 4. The maximum atomic E-state index is 14.5. The van der Waals surface area contributed by atoms with Crippen LogP contribution in [0.15, 0.2) is 11.6 Å². The van der Waals surface area contributed by atoms with E-state index in [1.807, 2.05) is 0 Å². The van der Waals surface area contributed by atoms with Crippen LogP contribution in [0.25, 0.3) is 0 Å². The maximum Gasteiger partial charge on any atom is 0.251 e. The molecule has 0 bridgehead atoms. The molecule has 0 radical (unpaired) electrons. The number of allylic oxidation sites excluding steroid dienone is 2. The van der Waals surface area contributed by atoms with Gasteiger partial charge in [0, 0.05) is 31.3 Å². The first-order valence-electron chi connectivity index (χ1n) is 15.7. The van der Waals surface area contributed by atoms with Gasteiger partial charge in [-0.2, -0.15) is 0 Å². The van der Waals surface area contributed by atoms with Gasteiger partial charge in [-0.1, -0.05) is 54.0 Å². The van der Waals surface area contributed by atoms with Crippen LogP contribution in [0.4, 0.5) is 0 Å². The second kappa shape index (κ2) is 9.15. The number of carbonyl (C=O) groups is 3.